The highest BCUT2D eigenvalue weighted by Crippen LogP contribution is 2.39. The van der Waals surface area contributed by atoms with Crippen LogP contribution < -0.4 is 0 Å². The quantitative estimate of drug-likeness (QED) is 0.811. The molecule has 4 rings (SSSR count). The zero-order chi connectivity index (χ0) is 16.7. The van der Waals surface area contributed by atoms with E-state index in [4.69, 9.17) is 4.74 Å². The summed E-state index contributed by atoms with van der Waals surface area (Å²) in [5.74, 6) is 0.448. The van der Waals surface area contributed by atoms with Gasteiger partial charge in [0, 0.05) is 19.2 Å². The Morgan fingerprint density at radius 3 is 2.88 bits per heavy atom. The lowest BCUT2D eigenvalue weighted by atomic mass is 10.0. The molecular weight excluding hydrogens is 306 g/mol. The van der Waals surface area contributed by atoms with Crippen LogP contribution in [0.4, 0.5) is 0 Å². The maximum atomic E-state index is 13.0. The van der Waals surface area contributed by atoms with E-state index in [1.807, 2.05) is 39.8 Å². The molecule has 1 aromatic carbocycles. The van der Waals surface area contributed by atoms with E-state index in [0.29, 0.717) is 6.42 Å². The highest BCUT2D eigenvalue weighted by Gasteiger charge is 2.43. The highest BCUT2D eigenvalue weighted by molar-refractivity contribution is 5.88. The predicted molar refractivity (Wildman–Crippen MR) is 86.4 cm³/mol. The number of hydrogen-bond acceptors (Lipinski definition) is 4. The minimum atomic E-state index is -0.465. The lowest BCUT2D eigenvalue weighted by Crippen LogP contribution is -2.43. The summed E-state index contributed by atoms with van der Waals surface area (Å²) in [4.78, 5) is 31.3. The van der Waals surface area contributed by atoms with E-state index in [1.165, 1.54) is 7.11 Å². The number of nitrogens with zero attached hydrogens (tertiary/aromatic N) is 3. The number of ether oxygens (including phenoxy) is 1. The van der Waals surface area contributed by atoms with Crippen molar-refractivity contribution in [2.45, 2.75) is 31.3 Å². The standard InChI is InChI=1S/C18H19N3O3/c1-24-18(23)13-11-21-15(10-12-6-3-2-4-7-12)17(22)20-9-5-8-14(20)16(21)19-13/h2-4,6-7,11,14-15H,5,8-10H2,1H3/t14-,15+/m1/s1. The van der Waals surface area contributed by atoms with Crippen molar-refractivity contribution >= 4 is 11.9 Å². The Balaban J connectivity index is 1.76. The van der Waals surface area contributed by atoms with Crippen LogP contribution in [-0.2, 0) is 16.0 Å². The molecule has 0 bridgehead atoms. The van der Waals surface area contributed by atoms with Crippen LogP contribution in [0.15, 0.2) is 36.5 Å². The average molecular weight is 325 g/mol. The van der Waals surface area contributed by atoms with E-state index < -0.39 is 5.97 Å². The number of imidazole rings is 1. The molecule has 3 heterocycles. The predicted octanol–water partition coefficient (Wildman–Crippen LogP) is 2.13. The first-order chi connectivity index (χ1) is 11.7. The first kappa shape index (κ1) is 14.9. The normalized spacial score (nSPS) is 22.2. The summed E-state index contributed by atoms with van der Waals surface area (Å²) >= 11 is 0. The van der Waals surface area contributed by atoms with Crippen LogP contribution in [0.1, 0.15) is 46.8 Å². The Bertz CT molecular complexity index is 784. The zero-order valence-electron chi connectivity index (χ0n) is 13.5. The van der Waals surface area contributed by atoms with Gasteiger partial charge in [0.05, 0.1) is 13.2 Å². The molecule has 2 aliphatic heterocycles. The Hall–Kier alpha value is -2.63. The van der Waals surface area contributed by atoms with Crippen molar-refractivity contribution in [2.75, 3.05) is 13.7 Å². The number of hydrogen-bond donors (Lipinski definition) is 0. The second kappa shape index (κ2) is 5.78. The molecule has 0 N–H and O–H groups in total. The van der Waals surface area contributed by atoms with Crippen molar-refractivity contribution in [3.63, 3.8) is 0 Å². The van der Waals surface area contributed by atoms with Crippen molar-refractivity contribution in [1.82, 2.24) is 14.5 Å². The third-order valence-electron chi connectivity index (χ3n) is 4.88. The molecule has 1 amide bonds. The average Bonchev–Trinajstić information content (AvgIpc) is 3.25. The Kier molecular flexibility index (Phi) is 3.59. The number of fused-ring (bicyclic) bond motifs is 3. The number of carbonyl (C=O) groups is 2. The summed E-state index contributed by atoms with van der Waals surface area (Å²) in [7, 11) is 1.34. The molecular formula is C18H19N3O3. The minimum Gasteiger partial charge on any atom is -0.464 e. The van der Waals surface area contributed by atoms with Crippen LogP contribution in [0.25, 0.3) is 0 Å². The van der Waals surface area contributed by atoms with Crippen molar-refractivity contribution in [3.8, 4) is 0 Å². The molecule has 1 fully saturated rings. The SMILES string of the molecule is COC(=O)c1cn2c(n1)[C@H]1CCCN1C(=O)[C@@H]2Cc1ccccc1. The van der Waals surface area contributed by atoms with Gasteiger partial charge in [-0.15, -0.1) is 0 Å². The van der Waals surface area contributed by atoms with Crippen molar-refractivity contribution in [1.29, 1.82) is 0 Å². The van der Waals surface area contributed by atoms with Crippen molar-refractivity contribution < 1.29 is 14.3 Å². The maximum absolute atomic E-state index is 13.0. The van der Waals surface area contributed by atoms with Gasteiger partial charge in [-0.05, 0) is 18.4 Å². The third kappa shape index (κ3) is 2.29. The summed E-state index contributed by atoms with van der Waals surface area (Å²) in [6.07, 6.45) is 4.12. The summed E-state index contributed by atoms with van der Waals surface area (Å²) in [6.45, 7) is 0.759. The lowest BCUT2D eigenvalue weighted by molar-refractivity contribution is -0.138. The topological polar surface area (TPSA) is 64.4 Å². The van der Waals surface area contributed by atoms with Gasteiger partial charge in [-0.2, -0.15) is 0 Å². The summed E-state index contributed by atoms with van der Waals surface area (Å²) in [5.41, 5.74) is 1.36. The van der Waals surface area contributed by atoms with E-state index in [2.05, 4.69) is 4.98 Å². The summed E-state index contributed by atoms with van der Waals surface area (Å²) in [5, 5.41) is 0. The van der Waals surface area contributed by atoms with Gasteiger partial charge in [0.2, 0.25) is 5.91 Å². The highest BCUT2D eigenvalue weighted by atomic mass is 16.5. The number of amides is 1. The Labute approximate surface area is 140 Å². The number of methoxy groups -OCH3 is 1. The molecule has 0 aliphatic carbocycles. The van der Waals surface area contributed by atoms with Crippen LogP contribution in [0.5, 0.6) is 0 Å². The van der Waals surface area contributed by atoms with E-state index in [-0.39, 0.29) is 23.7 Å². The van der Waals surface area contributed by atoms with Crippen molar-refractivity contribution in [3.05, 3.63) is 53.6 Å². The summed E-state index contributed by atoms with van der Waals surface area (Å²) < 4.78 is 6.68. The molecule has 2 atom stereocenters. The van der Waals surface area contributed by atoms with E-state index in [9.17, 15) is 9.59 Å². The minimum absolute atomic E-state index is 0.0251. The van der Waals surface area contributed by atoms with Gasteiger partial charge in [0.15, 0.2) is 5.69 Å². The molecule has 0 saturated carbocycles. The first-order valence-electron chi connectivity index (χ1n) is 8.20. The van der Waals surface area contributed by atoms with Gasteiger partial charge >= 0.3 is 5.97 Å². The van der Waals surface area contributed by atoms with Gasteiger partial charge in [0.1, 0.15) is 11.9 Å². The van der Waals surface area contributed by atoms with E-state index >= 15 is 0 Å². The van der Waals surface area contributed by atoms with Crippen LogP contribution in [0.2, 0.25) is 0 Å². The Morgan fingerprint density at radius 2 is 2.12 bits per heavy atom. The molecule has 24 heavy (non-hydrogen) atoms. The maximum Gasteiger partial charge on any atom is 0.358 e. The van der Waals surface area contributed by atoms with Crippen LogP contribution in [-0.4, -0.2) is 40.0 Å². The van der Waals surface area contributed by atoms with Gasteiger partial charge in [-0.25, -0.2) is 9.78 Å². The number of esters is 1. The van der Waals surface area contributed by atoms with Gasteiger partial charge < -0.3 is 14.2 Å². The van der Waals surface area contributed by atoms with Gasteiger partial charge in [-0.1, -0.05) is 30.3 Å². The molecule has 1 saturated heterocycles. The van der Waals surface area contributed by atoms with Crippen molar-refractivity contribution in [2.24, 2.45) is 0 Å². The molecule has 2 aliphatic rings. The fraction of sp³-hybridized carbons (Fsp3) is 0.389. The first-order valence-corrected chi connectivity index (χ1v) is 8.20. The van der Waals surface area contributed by atoms with Gasteiger partial charge in [0.25, 0.3) is 0 Å². The van der Waals surface area contributed by atoms with Gasteiger partial charge in [-0.3, -0.25) is 4.79 Å². The molecule has 124 valence electrons. The Morgan fingerprint density at radius 1 is 1.33 bits per heavy atom. The largest absolute Gasteiger partial charge is 0.464 e. The van der Waals surface area contributed by atoms with Crippen LogP contribution >= 0.6 is 0 Å². The second-order valence-corrected chi connectivity index (χ2v) is 6.28. The second-order valence-electron chi connectivity index (χ2n) is 6.28. The third-order valence-corrected chi connectivity index (χ3v) is 4.88. The molecule has 0 spiro atoms. The number of rotatable bonds is 3. The number of aromatic nitrogens is 2. The monoisotopic (exact) mass is 325 g/mol. The van der Waals surface area contributed by atoms with Crippen LogP contribution in [0, 0.1) is 0 Å². The molecule has 0 radical (unpaired) electrons. The number of benzene rings is 1. The molecule has 2 aromatic rings. The fourth-order valence-electron chi connectivity index (χ4n) is 3.74. The summed E-state index contributed by atoms with van der Waals surface area (Å²) in [6, 6.07) is 9.54. The fourth-order valence-corrected chi connectivity index (χ4v) is 3.74. The smallest absolute Gasteiger partial charge is 0.358 e. The molecule has 1 aromatic heterocycles. The molecule has 0 unspecified atom stereocenters. The number of carbonyl (C=O) groups excluding carboxylic acids is 2. The molecule has 6 heteroatoms. The van der Waals surface area contributed by atoms with E-state index in [0.717, 1.165) is 30.8 Å². The van der Waals surface area contributed by atoms with Crippen LogP contribution in [0.3, 0.4) is 0 Å². The van der Waals surface area contributed by atoms with E-state index in [1.54, 1.807) is 6.20 Å². The lowest BCUT2D eigenvalue weighted by Gasteiger charge is -2.35. The zero-order valence-corrected chi connectivity index (χ0v) is 13.5. The molecule has 6 nitrogen and oxygen atoms in total.